The molecule has 0 saturated carbocycles. The van der Waals surface area contributed by atoms with Gasteiger partial charge in [0, 0.05) is 18.3 Å². The van der Waals surface area contributed by atoms with Gasteiger partial charge in [0.2, 0.25) is 0 Å². The quantitative estimate of drug-likeness (QED) is 0.819. The Bertz CT molecular complexity index is 572. The van der Waals surface area contributed by atoms with E-state index in [4.69, 9.17) is 5.11 Å². The highest BCUT2D eigenvalue weighted by Crippen LogP contribution is 2.17. The van der Waals surface area contributed by atoms with E-state index in [1.165, 1.54) is 0 Å². The monoisotopic (exact) mass is 242 g/mol. The average molecular weight is 242 g/mol. The van der Waals surface area contributed by atoms with Crippen LogP contribution in [0.4, 0.5) is 13.2 Å². The second-order valence-corrected chi connectivity index (χ2v) is 3.19. The van der Waals surface area contributed by atoms with Crippen LogP contribution in [0.1, 0.15) is 10.5 Å². The summed E-state index contributed by atoms with van der Waals surface area (Å²) in [7, 11) is 0. The molecule has 1 aromatic heterocycles. The Morgan fingerprint density at radius 3 is 2.29 bits per heavy atom. The molecule has 0 amide bonds. The molecule has 0 unspecified atom stereocenters. The molecule has 0 fully saturated rings. The topological polar surface area (TPSA) is 55.1 Å². The summed E-state index contributed by atoms with van der Waals surface area (Å²) in [6, 6.07) is 1.48. The number of carboxylic acids is 1. The van der Waals surface area contributed by atoms with E-state index in [9.17, 15) is 18.0 Å². The van der Waals surface area contributed by atoms with E-state index in [0.717, 1.165) is 29.2 Å². The minimum atomic E-state index is -1.58. The fourth-order valence-electron chi connectivity index (χ4n) is 1.27. The van der Waals surface area contributed by atoms with Gasteiger partial charge in [-0.1, -0.05) is 0 Å². The predicted molar refractivity (Wildman–Crippen MR) is 50.4 cm³/mol. The molecular formula is C10H5F3N2O2. The van der Waals surface area contributed by atoms with E-state index in [0.29, 0.717) is 0 Å². The molecular weight excluding hydrogens is 237 g/mol. The molecule has 0 aliphatic carbocycles. The summed E-state index contributed by atoms with van der Waals surface area (Å²) in [5.74, 6) is -5.56. The van der Waals surface area contributed by atoms with E-state index < -0.39 is 23.4 Å². The van der Waals surface area contributed by atoms with Gasteiger partial charge >= 0.3 is 5.97 Å². The second-order valence-electron chi connectivity index (χ2n) is 3.19. The standard InChI is InChI=1S/C10H5F3N2O2/c11-6-1-5(2-7(12)9(6)13)15-3-8(10(16)17)14-4-15/h1-4H,(H,16,17). The summed E-state index contributed by atoms with van der Waals surface area (Å²) in [4.78, 5) is 14.0. The van der Waals surface area contributed by atoms with Crippen LogP contribution in [-0.4, -0.2) is 20.6 Å². The van der Waals surface area contributed by atoms with Gasteiger partial charge in [-0.25, -0.2) is 22.9 Å². The smallest absolute Gasteiger partial charge is 0.356 e. The first kappa shape index (κ1) is 11.2. The van der Waals surface area contributed by atoms with Gasteiger partial charge in [0.05, 0.1) is 5.69 Å². The maximum absolute atomic E-state index is 12.9. The summed E-state index contributed by atoms with van der Waals surface area (Å²) < 4.78 is 39.6. The molecule has 2 aromatic rings. The fraction of sp³-hybridized carbons (Fsp3) is 0. The van der Waals surface area contributed by atoms with Crippen molar-refractivity contribution in [3.8, 4) is 5.69 Å². The van der Waals surface area contributed by atoms with Gasteiger partial charge in [-0.2, -0.15) is 0 Å². The molecule has 0 aliphatic heterocycles. The lowest BCUT2D eigenvalue weighted by atomic mass is 10.3. The lowest BCUT2D eigenvalue weighted by Gasteiger charge is -2.03. The molecule has 2 rings (SSSR count). The Hall–Kier alpha value is -2.31. The number of carbonyl (C=O) groups is 1. The van der Waals surface area contributed by atoms with Crippen molar-refractivity contribution in [3.05, 3.63) is 47.8 Å². The number of aromatic nitrogens is 2. The Kier molecular flexibility index (Phi) is 2.58. The zero-order valence-corrected chi connectivity index (χ0v) is 8.19. The minimum absolute atomic E-state index is 0.0543. The number of imidazole rings is 1. The number of nitrogens with zero attached hydrogens (tertiary/aromatic N) is 2. The van der Waals surface area contributed by atoms with Crippen molar-refractivity contribution in [3.63, 3.8) is 0 Å². The van der Waals surface area contributed by atoms with Gasteiger partial charge in [0.1, 0.15) is 6.33 Å². The maximum Gasteiger partial charge on any atom is 0.356 e. The molecule has 0 aliphatic rings. The number of benzene rings is 1. The third-order valence-corrected chi connectivity index (χ3v) is 2.07. The molecule has 17 heavy (non-hydrogen) atoms. The predicted octanol–water partition coefficient (Wildman–Crippen LogP) is 1.99. The van der Waals surface area contributed by atoms with Crippen molar-refractivity contribution in [2.24, 2.45) is 0 Å². The van der Waals surface area contributed by atoms with Gasteiger partial charge in [-0.05, 0) is 0 Å². The molecule has 1 N–H and O–H groups in total. The number of carboxylic acid groups (broad SMARTS) is 1. The number of halogens is 3. The van der Waals surface area contributed by atoms with Crippen LogP contribution in [0.25, 0.3) is 5.69 Å². The maximum atomic E-state index is 12.9. The molecule has 0 spiro atoms. The van der Waals surface area contributed by atoms with Crippen LogP contribution in [0.2, 0.25) is 0 Å². The van der Waals surface area contributed by atoms with Crippen molar-refractivity contribution in [2.75, 3.05) is 0 Å². The molecule has 1 heterocycles. The van der Waals surface area contributed by atoms with Gasteiger partial charge in [-0.15, -0.1) is 0 Å². The fourth-order valence-corrected chi connectivity index (χ4v) is 1.27. The van der Waals surface area contributed by atoms with Crippen LogP contribution < -0.4 is 0 Å². The molecule has 0 radical (unpaired) electrons. The first-order valence-corrected chi connectivity index (χ1v) is 4.41. The van der Waals surface area contributed by atoms with Crippen molar-refractivity contribution >= 4 is 5.97 Å². The van der Waals surface area contributed by atoms with Crippen LogP contribution in [0, 0.1) is 17.5 Å². The number of aromatic carboxylic acids is 1. The summed E-state index contributed by atoms with van der Waals surface area (Å²) >= 11 is 0. The van der Waals surface area contributed by atoms with E-state index in [1.54, 1.807) is 0 Å². The lowest BCUT2D eigenvalue weighted by Crippen LogP contribution is -1.98. The summed E-state index contributed by atoms with van der Waals surface area (Å²) in [5, 5.41) is 8.61. The molecule has 4 nitrogen and oxygen atoms in total. The van der Waals surface area contributed by atoms with Crippen molar-refractivity contribution in [2.45, 2.75) is 0 Å². The second kappa shape index (κ2) is 3.93. The van der Waals surface area contributed by atoms with E-state index in [2.05, 4.69) is 4.98 Å². The molecule has 0 saturated heterocycles. The molecule has 7 heteroatoms. The number of rotatable bonds is 2. The molecule has 0 atom stereocenters. The van der Waals surface area contributed by atoms with E-state index in [-0.39, 0.29) is 11.4 Å². The SMILES string of the molecule is O=C(O)c1cn(-c2cc(F)c(F)c(F)c2)cn1. The largest absolute Gasteiger partial charge is 0.476 e. The zero-order chi connectivity index (χ0) is 12.6. The third kappa shape index (κ3) is 1.99. The van der Waals surface area contributed by atoms with Crippen molar-refractivity contribution < 1.29 is 23.1 Å². The van der Waals surface area contributed by atoms with Crippen LogP contribution in [-0.2, 0) is 0 Å². The third-order valence-electron chi connectivity index (χ3n) is 2.07. The lowest BCUT2D eigenvalue weighted by molar-refractivity contribution is 0.0691. The average Bonchev–Trinajstić information content (AvgIpc) is 2.74. The minimum Gasteiger partial charge on any atom is -0.476 e. The molecule has 1 aromatic carbocycles. The first-order chi connectivity index (χ1) is 7.99. The molecule has 0 bridgehead atoms. The highest BCUT2D eigenvalue weighted by Gasteiger charge is 2.13. The Morgan fingerprint density at radius 1 is 1.24 bits per heavy atom. The number of hydrogen-bond acceptors (Lipinski definition) is 2. The highest BCUT2D eigenvalue weighted by molar-refractivity contribution is 5.85. The summed E-state index contributed by atoms with van der Waals surface area (Å²) in [6.45, 7) is 0. The van der Waals surface area contributed by atoms with Gasteiger partial charge in [0.15, 0.2) is 23.1 Å². The molecule has 88 valence electrons. The Labute approximate surface area is 92.9 Å². The van der Waals surface area contributed by atoms with Crippen LogP contribution in [0.15, 0.2) is 24.7 Å². The van der Waals surface area contributed by atoms with E-state index in [1.807, 2.05) is 0 Å². The van der Waals surface area contributed by atoms with Gasteiger partial charge in [-0.3, -0.25) is 0 Å². The van der Waals surface area contributed by atoms with Crippen LogP contribution >= 0.6 is 0 Å². The number of hydrogen-bond donors (Lipinski definition) is 1. The van der Waals surface area contributed by atoms with Gasteiger partial charge in [0.25, 0.3) is 0 Å². The first-order valence-electron chi connectivity index (χ1n) is 4.41. The van der Waals surface area contributed by atoms with E-state index >= 15 is 0 Å². The van der Waals surface area contributed by atoms with Crippen molar-refractivity contribution in [1.29, 1.82) is 0 Å². The zero-order valence-electron chi connectivity index (χ0n) is 8.19. The summed E-state index contributed by atoms with van der Waals surface area (Å²) in [6.07, 6.45) is 2.13. The van der Waals surface area contributed by atoms with Crippen LogP contribution in [0.5, 0.6) is 0 Å². The Morgan fingerprint density at radius 2 is 1.82 bits per heavy atom. The Balaban J connectivity index is 2.49. The van der Waals surface area contributed by atoms with Gasteiger partial charge < -0.3 is 9.67 Å². The summed E-state index contributed by atoms with van der Waals surface area (Å²) in [5.41, 5.74) is -0.337. The highest BCUT2D eigenvalue weighted by atomic mass is 19.2. The van der Waals surface area contributed by atoms with Crippen molar-refractivity contribution in [1.82, 2.24) is 9.55 Å². The van der Waals surface area contributed by atoms with Crippen LogP contribution in [0.3, 0.4) is 0 Å². The normalized spacial score (nSPS) is 10.5.